The second-order valence-electron chi connectivity index (χ2n) is 3.08. The fraction of sp³-hybridized carbons (Fsp3) is 0.222. The van der Waals surface area contributed by atoms with E-state index in [4.69, 9.17) is 16.7 Å². The fourth-order valence-electron chi connectivity index (χ4n) is 1.16. The largest absolute Gasteiger partial charge is 0.293 e. The molecule has 15 heavy (non-hydrogen) atoms. The molecule has 0 atom stereocenters. The first-order chi connectivity index (χ1) is 6.86. The van der Waals surface area contributed by atoms with E-state index in [0.29, 0.717) is 5.56 Å². The van der Waals surface area contributed by atoms with Crippen LogP contribution in [0.3, 0.4) is 0 Å². The van der Waals surface area contributed by atoms with Gasteiger partial charge in [0, 0.05) is 5.56 Å². The zero-order valence-electron chi connectivity index (χ0n) is 8.03. The van der Waals surface area contributed by atoms with Crippen molar-refractivity contribution in [2.75, 3.05) is 5.88 Å². The number of carbonyl (C=O) groups excluding carboxylic acids is 1. The molecule has 0 heterocycles. The summed E-state index contributed by atoms with van der Waals surface area (Å²) in [5.41, 5.74) is 0.753. The normalized spacial score (nSPS) is 11.4. The van der Waals surface area contributed by atoms with Crippen molar-refractivity contribution < 1.29 is 13.2 Å². The molecule has 1 aromatic rings. The summed E-state index contributed by atoms with van der Waals surface area (Å²) in [6.45, 7) is 1.61. The highest BCUT2D eigenvalue weighted by Gasteiger charge is 2.14. The first-order valence-corrected chi connectivity index (χ1v) is 6.17. The van der Waals surface area contributed by atoms with E-state index in [0.717, 1.165) is 0 Å². The topological polar surface area (TPSA) is 77.2 Å². The van der Waals surface area contributed by atoms with Gasteiger partial charge in [-0.3, -0.25) is 4.79 Å². The molecule has 4 nitrogen and oxygen atoms in total. The lowest BCUT2D eigenvalue weighted by molar-refractivity contribution is 0.102. The fourth-order valence-corrected chi connectivity index (χ4v) is 2.12. The summed E-state index contributed by atoms with van der Waals surface area (Å²) in [7, 11) is -3.79. The number of rotatable bonds is 3. The van der Waals surface area contributed by atoms with Gasteiger partial charge < -0.3 is 0 Å². The number of carbonyl (C=O) groups is 1. The molecule has 0 saturated heterocycles. The summed E-state index contributed by atoms with van der Waals surface area (Å²) in [4.78, 5) is 11.2. The van der Waals surface area contributed by atoms with Crippen LogP contribution in [0, 0.1) is 6.92 Å². The van der Waals surface area contributed by atoms with Crippen LogP contribution in [-0.4, -0.2) is 20.1 Å². The predicted molar refractivity (Wildman–Crippen MR) is 57.6 cm³/mol. The van der Waals surface area contributed by atoms with Gasteiger partial charge in [-0.25, -0.2) is 13.6 Å². The maximum atomic E-state index is 11.2. The third-order valence-electron chi connectivity index (χ3n) is 1.94. The lowest BCUT2D eigenvalue weighted by Crippen LogP contribution is -2.15. The number of nitrogens with two attached hydrogens (primary N) is 1. The number of alkyl halides is 1. The Hall–Kier alpha value is -0.910. The molecule has 0 spiro atoms. The van der Waals surface area contributed by atoms with Crippen molar-refractivity contribution >= 4 is 27.4 Å². The molecule has 0 aliphatic rings. The first-order valence-electron chi connectivity index (χ1n) is 4.09. The van der Waals surface area contributed by atoms with Gasteiger partial charge in [0.05, 0.1) is 10.8 Å². The van der Waals surface area contributed by atoms with Gasteiger partial charge in [-0.05, 0) is 18.6 Å². The Balaban J connectivity index is 3.36. The standard InChI is InChI=1S/C9H10ClNO3S/c1-6-2-3-7(8(12)5-10)4-9(6)15(11,13)14/h2-4H,5H2,1H3,(H2,11,13,14). The molecule has 1 aromatic carbocycles. The maximum absolute atomic E-state index is 11.2. The van der Waals surface area contributed by atoms with E-state index in [1.165, 1.54) is 18.2 Å². The second kappa shape index (κ2) is 4.30. The van der Waals surface area contributed by atoms with Crippen molar-refractivity contribution in [3.63, 3.8) is 0 Å². The molecule has 82 valence electrons. The number of aryl methyl sites for hydroxylation is 1. The third-order valence-corrected chi connectivity index (χ3v) is 3.23. The average Bonchev–Trinajstić information content (AvgIpc) is 2.15. The SMILES string of the molecule is Cc1ccc(C(=O)CCl)cc1S(N)(=O)=O. The molecule has 2 N–H and O–H groups in total. The van der Waals surface area contributed by atoms with Crippen LogP contribution in [0.1, 0.15) is 15.9 Å². The Labute approximate surface area is 93.1 Å². The van der Waals surface area contributed by atoms with Gasteiger partial charge in [-0.15, -0.1) is 11.6 Å². The zero-order valence-corrected chi connectivity index (χ0v) is 9.60. The summed E-state index contributed by atoms with van der Waals surface area (Å²) in [5.74, 6) is -0.519. The molecule has 1 rings (SSSR count). The Morgan fingerprint density at radius 2 is 2.07 bits per heavy atom. The van der Waals surface area contributed by atoms with Gasteiger partial charge >= 0.3 is 0 Å². The van der Waals surface area contributed by atoms with Crippen molar-refractivity contribution in [1.29, 1.82) is 0 Å². The number of hydrogen-bond donors (Lipinski definition) is 1. The molecular formula is C9H10ClNO3S. The summed E-state index contributed by atoms with van der Waals surface area (Å²) < 4.78 is 22.3. The quantitative estimate of drug-likeness (QED) is 0.641. The van der Waals surface area contributed by atoms with Gasteiger partial charge in [0.15, 0.2) is 5.78 Å². The molecule has 0 aliphatic heterocycles. The van der Waals surface area contributed by atoms with Crippen LogP contribution in [0.25, 0.3) is 0 Å². The minimum Gasteiger partial charge on any atom is -0.293 e. The molecule has 0 saturated carbocycles. The highest BCUT2D eigenvalue weighted by molar-refractivity contribution is 7.89. The van der Waals surface area contributed by atoms with Gasteiger partial charge in [0.1, 0.15) is 0 Å². The van der Waals surface area contributed by atoms with Crippen molar-refractivity contribution in [3.05, 3.63) is 29.3 Å². The molecular weight excluding hydrogens is 238 g/mol. The van der Waals surface area contributed by atoms with Gasteiger partial charge in [-0.1, -0.05) is 12.1 Å². The van der Waals surface area contributed by atoms with Crippen LogP contribution < -0.4 is 5.14 Å². The maximum Gasteiger partial charge on any atom is 0.238 e. The monoisotopic (exact) mass is 247 g/mol. The van der Waals surface area contributed by atoms with E-state index >= 15 is 0 Å². The van der Waals surface area contributed by atoms with Crippen molar-refractivity contribution in [2.45, 2.75) is 11.8 Å². The summed E-state index contributed by atoms with van der Waals surface area (Å²) in [6.07, 6.45) is 0. The minimum atomic E-state index is -3.79. The van der Waals surface area contributed by atoms with Crippen molar-refractivity contribution in [1.82, 2.24) is 0 Å². The van der Waals surface area contributed by atoms with Crippen LogP contribution in [0.15, 0.2) is 23.1 Å². The summed E-state index contributed by atoms with van der Waals surface area (Å²) >= 11 is 5.36. The first kappa shape index (κ1) is 12.2. The molecule has 6 heteroatoms. The third kappa shape index (κ3) is 2.77. The summed E-state index contributed by atoms with van der Waals surface area (Å²) in [5, 5.41) is 5.00. The molecule has 0 amide bonds. The number of Topliss-reactive ketones (excluding diaryl/α,β-unsaturated/α-hetero) is 1. The number of halogens is 1. The number of sulfonamides is 1. The molecule has 0 aliphatic carbocycles. The van der Waals surface area contributed by atoms with E-state index < -0.39 is 10.0 Å². The van der Waals surface area contributed by atoms with E-state index in [2.05, 4.69) is 0 Å². The Morgan fingerprint density at radius 3 is 2.53 bits per heavy atom. The number of benzene rings is 1. The lowest BCUT2D eigenvalue weighted by Gasteiger charge is -2.05. The average molecular weight is 248 g/mol. The smallest absolute Gasteiger partial charge is 0.238 e. The number of ketones is 1. The highest BCUT2D eigenvalue weighted by Crippen LogP contribution is 2.16. The van der Waals surface area contributed by atoms with E-state index in [1.807, 2.05) is 0 Å². The van der Waals surface area contributed by atoms with Crippen molar-refractivity contribution in [3.8, 4) is 0 Å². The van der Waals surface area contributed by atoms with Crippen LogP contribution in [0.2, 0.25) is 0 Å². The molecule has 0 radical (unpaired) electrons. The van der Waals surface area contributed by atoms with Gasteiger partial charge in [-0.2, -0.15) is 0 Å². The minimum absolute atomic E-state index is 0.0431. The number of primary sulfonamides is 1. The van der Waals surface area contributed by atoms with Crippen molar-refractivity contribution in [2.24, 2.45) is 5.14 Å². The Bertz CT molecular complexity index is 496. The highest BCUT2D eigenvalue weighted by atomic mass is 35.5. The zero-order chi connectivity index (χ0) is 11.6. The molecule has 0 aromatic heterocycles. The van der Waals surface area contributed by atoms with E-state index in [1.54, 1.807) is 6.92 Å². The van der Waals surface area contributed by atoms with Crippen LogP contribution in [0.5, 0.6) is 0 Å². The second-order valence-corrected chi connectivity index (χ2v) is 4.88. The molecule has 0 unspecified atom stereocenters. The van der Waals surface area contributed by atoms with Crippen LogP contribution >= 0.6 is 11.6 Å². The van der Waals surface area contributed by atoms with Crippen LogP contribution in [0.4, 0.5) is 0 Å². The number of hydrogen-bond acceptors (Lipinski definition) is 3. The Kier molecular flexibility index (Phi) is 3.49. The molecule has 0 fully saturated rings. The van der Waals surface area contributed by atoms with E-state index in [9.17, 15) is 13.2 Å². The molecule has 0 bridgehead atoms. The lowest BCUT2D eigenvalue weighted by atomic mass is 10.1. The van der Waals surface area contributed by atoms with Crippen LogP contribution in [-0.2, 0) is 10.0 Å². The van der Waals surface area contributed by atoms with Gasteiger partial charge in [0.25, 0.3) is 0 Å². The predicted octanol–water partition coefficient (Wildman–Crippen LogP) is 1.06. The van der Waals surface area contributed by atoms with Gasteiger partial charge in [0.2, 0.25) is 10.0 Å². The van der Waals surface area contributed by atoms with E-state index in [-0.39, 0.29) is 22.1 Å². The Morgan fingerprint density at radius 1 is 1.47 bits per heavy atom. The summed E-state index contributed by atoms with van der Waals surface area (Å²) in [6, 6.07) is 4.30.